The fourth-order valence-corrected chi connectivity index (χ4v) is 2.67. The van der Waals surface area contributed by atoms with E-state index in [0.29, 0.717) is 5.56 Å². The first-order chi connectivity index (χ1) is 13.6. The molecule has 0 bridgehead atoms. The molecule has 0 amide bonds. The van der Waals surface area contributed by atoms with E-state index in [1.54, 1.807) is 0 Å². The van der Waals surface area contributed by atoms with Gasteiger partial charge in [-0.1, -0.05) is 6.07 Å². The SMILES string of the molecule is FC(F)(F)c1cccc(Oc2nc(-n3ccc(C(F)(F)F)n3)ncc2C2CC2)c1. The number of hydrogen-bond acceptors (Lipinski definition) is 4. The second kappa shape index (κ2) is 6.75. The highest BCUT2D eigenvalue weighted by Gasteiger charge is 2.34. The lowest BCUT2D eigenvalue weighted by Gasteiger charge is -2.12. The van der Waals surface area contributed by atoms with Gasteiger partial charge in [-0.25, -0.2) is 9.67 Å². The zero-order chi connectivity index (χ0) is 20.8. The lowest BCUT2D eigenvalue weighted by Crippen LogP contribution is -2.09. The Kier molecular flexibility index (Phi) is 4.47. The molecule has 1 fully saturated rings. The van der Waals surface area contributed by atoms with Crippen LogP contribution in [-0.4, -0.2) is 19.7 Å². The van der Waals surface area contributed by atoms with Gasteiger partial charge in [-0.05, 0) is 43.0 Å². The summed E-state index contributed by atoms with van der Waals surface area (Å²) in [5, 5.41) is 3.40. The smallest absolute Gasteiger partial charge is 0.435 e. The van der Waals surface area contributed by atoms with Crippen molar-refractivity contribution in [2.24, 2.45) is 0 Å². The van der Waals surface area contributed by atoms with Gasteiger partial charge in [0.25, 0.3) is 5.95 Å². The minimum Gasteiger partial charge on any atom is -0.439 e. The third kappa shape index (κ3) is 4.17. The molecule has 152 valence electrons. The molecule has 29 heavy (non-hydrogen) atoms. The van der Waals surface area contributed by atoms with Crippen molar-refractivity contribution in [1.29, 1.82) is 0 Å². The number of ether oxygens (including phenoxy) is 1. The number of aromatic nitrogens is 4. The van der Waals surface area contributed by atoms with Crippen LogP contribution in [0.25, 0.3) is 5.95 Å². The molecule has 1 aliphatic rings. The van der Waals surface area contributed by atoms with Crippen LogP contribution < -0.4 is 4.74 Å². The molecule has 0 radical (unpaired) electrons. The third-order valence-corrected chi connectivity index (χ3v) is 4.25. The summed E-state index contributed by atoms with van der Waals surface area (Å²) in [7, 11) is 0. The highest BCUT2D eigenvalue weighted by atomic mass is 19.4. The Hall–Kier alpha value is -3.11. The highest BCUT2D eigenvalue weighted by Crippen LogP contribution is 2.44. The molecule has 0 aliphatic heterocycles. The summed E-state index contributed by atoms with van der Waals surface area (Å²) >= 11 is 0. The van der Waals surface area contributed by atoms with Crippen molar-refractivity contribution < 1.29 is 31.1 Å². The molecular weight excluding hydrogens is 402 g/mol. The predicted octanol–water partition coefficient (Wildman–Crippen LogP) is 5.37. The van der Waals surface area contributed by atoms with Gasteiger partial charge in [0.15, 0.2) is 5.69 Å². The van der Waals surface area contributed by atoms with Gasteiger partial charge >= 0.3 is 12.4 Å². The molecule has 1 aromatic carbocycles. The van der Waals surface area contributed by atoms with Gasteiger partial charge in [0, 0.05) is 18.0 Å². The van der Waals surface area contributed by atoms with Crippen molar-refractivity contribution in [2.75, 3.05) is 0 Å². The lowest BCUT2D eigenvalue weighted by molar-refractivity contribution is -0.141. The molecule has 11 heteroatoms. The van der Waals surface area contributed by atoms with Gasteiger partial charge in [0.2, 0.25) is 5.88 Å². The molecule has 5 nitrogen and oxygen atoms in total. The van der Waals surface area contributed by atoms with Crippen LogP contribution in [0.2, 0.25) is 0 Å². The second-order valence-corrected chi connectivity index (χ2v) is 6.48. The summed E-state index contributed by atoms with van der Waals surface area (Å²) in [6.07, 6.45) is -5.06. The summed E-state index contributed by atoms with van der Waals surface area (Å²) in [5.41, 5.74) is -1.43. The fourth-order valence-electron chi connectivity index (χ4n) is 2.67. The van der Waals surface area contributed by atoms with Crippen LogP contribution in [0.15, 0.2) is 42.7 Å². The lowest BCUT2D eigenvalue weighted by atomic mass is 10.2. The normalized spacial score (nSPS) is 14.8. The first kappa shape index (κ1) is 19.2. The molecule has 0 atom stereocenters. The van der Waals surface area contributed by atoms with Crippen molar-refractivity contribution in [2.45, 2.75) is 31.1 Å². The van der Waals surface area contributed by atoms with E-state index in [-0.39, 0.29) is 23.5 Å². The Morgan fingerprint density at radius 1 is 1.00 bits per heavy atom. The number of hydrogen-bond donors (Lipinski definition) is 0. The van der Waals surface area contributed by atoms with Gasteiger partial charge in [0.05, 0.1) is 5.56 Å². The minimum absolute atomic E-state index is 0.0131. The molecule has 1 saturated carbocycles. The van der Waals surface area contributed by atoms with Crippen LogP contribution in [0, 0.1) is 0 Å². The Morgan fingerprint density at radius 3 is 2.38 bits per heavy atom. The van der Waals surface area contributed by atoms with Crippen LogP contribution >= 0.6 is 0 Å². The monoisotopic (exact) mass is 414 g/mol. The standard InChI is InChI=1S/C18H12F6N4O/c19-17(20,21)11-2-1-3-12(8-11)29-15-13(10-4-5-10)9-25-16(26-15)28-7-6-14(27-28)18(22,23)24/h1-3,6-10H,4-5H2. The first-order valence-electron chi connectivity index (χ1n) is 8.46. The van der Waals surface area contributed by atoms with Crippen molar-refractivity contribution in [3.05, 3.63) is 59.5 Å². The molecule has 2 aromatic heterocycles. The van der Waals surface area contributed by atoms with Crippen molar-refractivity contribution >= 4 is 0 Å². The first-order valence-corrected chi connectivity index (χ1v) is 8.46. The van der Waals surface area contributed by atoms with Crippen LogP contribution in [0.5, 0.6) is 11.6 Å². The van der Waals surface area contributed by atoms with Crippen LogP contribution in [-0.2, 0) is 12.4 Å². The molecule has 0 saturated heterocycles. The van der Waals surface area contributed by atoms with E-state index >= 15 is 0 Å². The average molecular weight is 414 g/mol. The molecule has 0 spiro atoms. The predicted molar refractivity (Wildman–Crippen MR) is 87.6 cm³/mol. The van der Waals surface area contributed by atoms with Crippen molar-refractivity contribution in [3.63, 3.8) is 0 Å². The van der Waals surface area contributed by atoms with Crippen LogP contribution in [0.1, 0.15) is 35.6 Å². The molecule has 2 heterocycles. The molecule has 0 N–H and O–H groups in total. The minimum atomic E-state index is -4.63. The second-order valence-electron chi connectivity index (χ2n) is 6.48. The van der Waals surface area contributed by atoms with Gasteiger partial charge in [0.1, 0.15) is 5.75 Å². The van der Waals surface area contributed by atoms with E-state index in [1.807, 2.05) is 0 Å². The summed E-state index contributed by atoms with van der Waals surface area (Å²) < 4.78 is 83.5. The maximum absolute atomic E-state index is 12.9. The van der Waals surface area contributed by atoms with Crippen molar-refractivity contribution in [3.8, 4) is 17.6 Å². The van der Waals surface area contributed by atoms with Crippen LogP contribution in [0.3, 0.4) is 0 Å². The molecule has 4 rings (SSSR count). The molecule has 3 aromatic rings. The number of alkyl halides is 6. The van der Waals surface area contributed by atoms with E-state index in [1.165, 1.54) is 18.3 Å². The fraction of sp³-hybridized carbons (Fsp3) is 0.278. The maximum atomic E-state index is 12.9. The van der Waals surface area contributed by atoms with E-state index in [9.17, 15) is 26.3 Å². The quantitative estimate of drug-likeness (QED) is 0.539. The third-order valence-electron chi connectivity index (χ3n) is 4.25. The highest BCUT2D eigenvalue weighted by molar-refractivity contribution is 5.39. The molecule has 0 unspecified atom stereocenters. The molecule has 1 aliphatic carbocycles. The van der Waals surface area contributed by atoms with Gasteiger partial charge < -0.3 is 4.74 Å². The Morgan fingerprint density at radius 2 is 1.76 bits per heavy atom. The summed E-state index contributed by atoms with van der Waals surface area (Å²) in [5.74, 6) is -0.205. The van der Waals surface area contributed by atoms with Crippen LogP contribution in [0.4, 0.5) is 26.3 Å². The number of benzene rings is 1. The Bertz CT molecular complexity index is 1040. The van der Waals surface area contributed by atoms with Gasteiger partial charge in [-0.15, -0.1) is 0 Å². The van der Waals surface area contributed by atoms with Gasteiger partial charge in [-0.3, -0.25) is 0 Å². The average Bonchev–Trinajstić information content (AvgIpc) is 3.35. The summed E-state index contributed by atoms with van der Waals surface area (Å²) in [4.78, 5) is 8.13. The summed E-state index contributed by atoms with van der Waals surface area (Å²) in [6, 6.07) is 5.03. The topological polar surface area (TPSA) is 52.8 Å². The zero-order valence-corrected chi connectivity index (χ0v) is 14.5. The van der Waals surface area contributed by atoms with E-state index in [2.05, 4.69) is 15.1 Å². The van der Waals surface area contributed by atoms with E-state index in [0.717, 1.165) is 41.9 Å². The summed E-state index contributed by atoms with van der Waals surface area (Å²) in [6.45, 7) is 0. The largest absolute Gasteiger partial charge is 0.439 e. The number of nitrogens with zero attached hydrogens (tertiary/aromatic N) is 4. The molecular formula is C18H12F6N4O. The van der Waals surface area contributed by atoms with E-state index in [4.69, 9.17) is 4.74 Å². The van der Waals surface area contributed by atoms with Crippen molar-refractivity contribution in [1.82, 2.24) is 19.7 Å². The zero-order valence-electron chi connectivity index (χ0n) is 14.5. The van der Waals surface area contributed by atoms with E-state index < -0.39 is 23.6 Å². The Balaban J connectivity index is 1.69. The number of halogens is 6. The van der Waals surface area contributed by atoms with Gasteiger partial charge in [-0.2, -0.15) is 36.4 Å². The maximum Gasteiger partial charge on any atom is 0.435 e. The number of rotatable bonds is 4. The Labute approximate surface area is 160 Å².